The minimum atomic E-state index is -0.0404. The van der Waals surface area contributed by atoms with E-state index in [1.165, 1.54) is 44.9 Å². The lowest BCUT2D eigenvalue weighted by molar-refractivity contribution is -0.694. The van der Waals surface area contributed by atoms with E-state index in [1.807, 2.05) is 42.7 Å². The Balaban J connectivity index is 0.00000512. The van der Waals surface area contributed by atoms with Gasteiger partial charge >= 0.3 is 0 Å². The molecule has 178 valence electrons. The van der Waals surface area contributed by atoms with Crippen molar-refractivity contribution < 1.29 is 38.1 Å². The molecule has 1 aromatic heterocycles. The first kappa shape index (κ1) is 28.7. The number of rotatable bonds is 15. The number of carbonyl (C=O) groups is 1. The quantitative estimate of drug-likeness (QED) is 0.203. The van der Waals surface area contributed by atoms with Crippen LogP contribution in [-0.2, 0) is 24.3 Å². The van der Waals surface area contributed by atoms with Crippen LogP contribution in [0.1, 0.15) is 76.3 Å². The van der Waals surface area contributed by atoms with Crippen LogP contribution in [0.15, 0.2) is 42.7 Å². The van der Waals surface area contributed by atoms with Crippen molar-refractivity contribution in [1.29, 1.82) is 0 Å². The van der Waals surface area contributed by atoms with E-state index in [9.17, 15) is 4.79 Å². The molecule has 1 heterocycles. The Morgan fingerprint density at radius 3 is 2.44 bits per heavy atom. The lowest BCUT2D eigenvalue weighted by Crippen LogP contribution is -3.00. The Morgan fingerprint density at radius 2 is 1.75 bits per heavy atom. The number of ether oxygens (including phenoxy) is 1. The van der Waals surface area contributed by atoms with Crippen LogP contribution in [-0.4, -0.2) is 12.5 Å². The first-order valence-corrected chi connectivity index (χ1v) is 12.2. The number of halogens is 2. The predicted molar refractivity (Wildman–Crippen MR) is 127 cm³/mol. The highest BCUT2D eigenvalue weighted by molar-refractivity contribution is 6.31. The standard InChI is InChI=1S/C26H37ClN2O2.HI/c1-3-5-6-7-8-9-10-11-17-31-24-15-14-23(25(27)19-24)18-26(30)28-20-22-13-12-16-29(4-2)21-22;/h12-16,19,21H,3-11,17-18,20H2,1-2H3;1H. The highest BCUT2D eigenvalue weighted by Crippen LogP contribution is 2.23. The molecular weight excluding hydrogens is 535 g/mol. The van der Waals surface area contributed by atoms with Gasteiger partial charge in [-0.05, 0) is 37.1 Å². The molecule has 0 bridgehead atoms. The topological polar surface area (TPSA) is 42.2 Å². The number of amides is 1. The van der Waals surface area contributed by atoms with Gasteiger partial charge in [0.25, 0.3) is 0 Å². The van der Waals surface area contributed by atoms with E-state index < -0.39 is 0 Å². The van der Waals surface area contributed by atoms with Crippen LogP contribution in [0.25, 0.3) is 0 Å². The number of benzene rings is 1. The summed E-state index contributed by atoms with van der Waals surface area (Å²) in [7, 11) is 0. The summed E-state index contributed by atoms with van der Waals surface area (Å²) in [5, 5.41) is 3.54. The number of pyridine rings is 1. The summed E-state index contributed by atoms with van der Waals surface area (Å²) in [5.41, 5.74) is 1.89. The van der Waals surface area contributed by atoms with Crippen molar-refractivity contribution >= 4 is 17.5 Å². The molecule has 0 saturated heterocycles. The van der Waals surface area contributed by atoms with Crippen molar-refractivity contribution in [3.63, 3.8) is 0 Å². The lowest BCUT2D eigenvalue weighted by atomic mass is 10.1. The van der Waals surface area contributed by atoms with E-state index in [0.717, 1.165) is 29.8 Å². The monoisotopic (exact) mass is 572 g/mol. The van der Waals surface area contributed by atoms with Crippen molar-refractivity contribution in [2.24, 2.45) is 0 Å². The molecule has 0 fully saturated rings. The molecule has 0 unspecified atom stereocenters. The zero-order valence-electron chi connectivity index (χ0n) is 19.5. The summed E-state index contributed by atoms with van der Waals surface area (Å²) < 4.78 is 7.92. The normalized spacial score (nSPS) is 10.5. The molecule has 1 aromatic carbocycles. The molecule has 0 aliphatic carbocycles. The average Bonchev–Trinajstić information content (AvgIpc) is 2.78. The van der Waals surface area contributed by atoms with E-state index in [0.29, 0.717) is 18.2 Å². The van der Waals surface area contributed by atoms with Gasteiger partial charge in [0.05, 0.1) is 13.0 Å². The molecule has 0 spiro atoms. The molecule has 0 aliphatic rings. The number of aryl methyl sites for hydroxylation is 1. The minimum Gasteiger partial charge on any atom is -1.00 e. The number of aromatic nitrogens is 1. The molecule has 0 atom stereocenters. The van der Waals surface area contributed by atoms with Crippen LogP contribution in [0.4, 0.5) is 0 Å². The number of unbranched alkanes of at least 4 members (excludes halogenated alkanes) is 7. The van der Waals surface area contributed by atoms with Crippen LogP contribution >= 0.6 is 11.6 Å². The van der Waals surface area contributed by atoms with E-state index in [4.69, 9.17) is 16.3 Å². The van der Waals surface area contributed by atoms with E-state index >= 15 is 0 Å². The molecule has 0 saturated carbocycles. The second-order valence-electron chi connectivity index (χ2n) is 8.07. The van der Waals surface area contributed by atoms with E-state index in [2.05, 4.69) is 23.7 Å². The summed E-state index contributed by atoms with van der Waals surface area (Å²) in [6.45, 7) is 6.47. The highest BCUT2D eigenvalue weighted by Gasteiger charge is 2.09. The lowest BCUT2D eigenvalue weighted by Gasteiger charge is -2.10. The van der Waals surface area contributed by atoms with Gasteiger partial charge < -0.3 is 34.0 Å². The molecule has 32 heavy (non-hydrogen) atoms. The third kappa shape index (κ3) is 11.5. The molecule has 2 rings (SSSR count). The first-order chi connectivity index (χ1) is 15.1. The Kier molecular flexibility index (Phi) is 15.4. The number of hydrogen-bond donors (Lipinski definition) is 1. The van der Waals surface area contributed by atoms with E-state index in [-0.39, 0.29) is 36.3 Å². The summed E-state index contributed by atoms with van der Waals surface area (Å²) in [6, 6.07) is 9.61. The average molecular weight is 573 g/mol. The SMILES string of the molecule is CCCCCCCCCCOc1ccc(CC(=O)NCc2ccc[n+](CC)c2)c(Cl)c1.[I-]. The van der Waals surface area contributed by atoms with Crippen molar-refractivity contribution in [2.45, 2.75) is 84.7 Å². The fraction of sp³-hybridized carbons (Fsp3) is 0.538. The summed E-state index contributed by atoms with van der Waals surface area (Å²) in [6.07, 6.45) is 14.6. The maximum atomic E-state index is 12.3. The fourth-order valence-corrected chi connectivity index (χ4v) is 3.74. The van der Waals surface area contributed by atoms with Crippen LogP contribution < -0.4 is 38.6 Å². The first-order valence-electron chi connectivity index (χ1n) is 11.8. The Hall–Kier alpha value is -1.34. The van der Waals surface area contributed by atoms with E-state index in [1.54, 1.807) is 0 Å². The Labute approximate surface area is 216 Å². The third-order valence-corrected chi connectivity index (χ3v) is 5.77. The number of nitrogens with one attached hydrogen (secondary N) is 1. The van der Waals surface area contributed by atoms with Crippen molar-refractivity contribution in [3.8, 4) is 5.75 Å². The minimum absolute atomic E-state index is 0. The van der Waals surface area contributed by atoms with Crippen molar-refractivity contribution in [3.05, 3.63) is 58.9 Å². The van der Waals surface area contributed by atoms with Gasteiger partial charge in [0.1, 0.15) is 12.3 Å². The second-order valence-corrected chi connectivity index (χ2v) is 8.48. The summed E-state index contributed by atoms with van der Waals surface area (Å²) in [5.74, 6) is 0.729. The smallest absolute Gasteiger partial charge is 0.224 e. The highest BCUT2D eigenvalue weighted by atomic mass is 127. The van der Waals surface area contributed by atoms with Gasteiger partial charge in [-0.2, -0.15) is 0 Å². The number of hydrogen-bond acceptors (Lipinski definition) is 2. The van der Waals surface area contributed by atoms with Gasteiger partial charge in [-0.25, -0.2) is 4.57 Å². The van der Waals surface area contributed by atoms with Crippen LogP contribution in [0, 0.1) is 0 Å². The van der Waals surface area contributed by atoms with Crippen LogP contribution in [0.5, 0.6) is 5.75 Å². The largest absolute Gasteiger partial charge is 1.00 e. The molecular formula is C26H38ClIN2O2. The molecule has 2 aromatic rings. The molecule has 1 amide bonds. The van der Waals surface area contributed by atoms with Gasteiger partial charge in [-0.3, -0.25) is 4.79 Å². The maximum Gasteiger partial charge on any atom is 0.224 e. The second kappa shape index (κ2) is 17.2. The summed E-state index contributed by atoms with van der Waals surface area (Å²) >= 11 is 6.39. The van der Waals surface area contributed by atoms with Crippen molar-refractivity contribution in [2.75, 3.05) is 6.61 Å². The Bertz CT molecular complexity index is 801. The van der Waals surface area contributed by atoms with Crippen LogP contribution in [0.3, 0.4) is 0 Å². The molecule has 0 aliphatic heterocycles. The molecule has 0 radical (unpaired) electrons. The maximum absolute atomic E-state index is 12.3. The predicted octanol–water partition coefficient (Wildman–Crippen LogP) is 3.03. The van der Waals surface area contributed by atoms with Crippen molar-refractivity contribution in [1.82, 2.24) is 5.32 Å². The van der Waals surface area contributed by atoms with Crippen LogP contribution in [0.2, 0.25) is 5.02 Å². The van der Waals surface area contributed by atoms with Gasteiger partial charge in [0.2, 0.25) is 5.91 Å². The zero-order valence-corrected chi connectivity index (χ0v) is 22.5. The van der Waals surface area contributed by atoms with Gasteiger partial charge in [-0.1, -0.05) is 69.5 Å². The third-order valence-electron chi connectivity index (χ3n) is 5.42. The van der Waals surface area contributed by atoms with Gasteiger partial charge in [-0.15, -0.1) is 0 Å². The number of carbonyl (C=O) groups excluding carboxylic acids is 1. The molecule has 1 N–H and O–H groups in total. The Morgan fingerprint density at radius 1 is 1.03 bits per heavy atom. The zero-order chi connectivity index (χ0) is 22.3. The molecule has 6 heteroatoms. The number of nitrogens with zero attached hydrogens (tertiary/aromatic N) is 1. The van der Waals surface area contributed by atoms with Gasteiger partial charge in [0.15, 0.2) is 12.4 Å². The summed E-state index contributed by atoms with van der Waals surface area (Å²) in [4.78, 5) is 12.3. The molecule has 4 nitrogen and oxygen atoms in total. The van der Waals surface area contributed by atoms with Gasteiger partial charge in [0, 0.05) is 23.2 Å². The fourth-order valence-electron chi connectivity index (χ4n) is 3.50.